The van der Waals surface area contributed by atoms with Crippen molar-refractivity contribution in [3.63, 3.8) is 0 Å². The van der Waals surface area contributed by atoms with Gasteiger partial charge in [0, 0.05) is 49.7 Å². The Hall–Kier alpha value is -1.65. The third-order valence-corrected chi connectivity index (χ3v) is 4.87. The molecule has 0 N–H and O–H groups in total. The summed E-state index contributed by atoms with van der Waals surface area (Å²) in [6.07, 6.45) is 3.69. The van der Waals surface area contributed by atoms with Gasteiger partial charge < -0.3 is 4.57 Å². The minimum Gasteiger partial charge on any atom is -0.336 e. The highest BCUT2D eigenvalue weighted by molar-refractivity contribution is 9.10. The van der Waals surface area contributed by atoms with Crippen molar-refractivity contribution in [1.29, 1.82) is 0 Å². The van der Waals surface area contributed by atoms with Crippen LogP contribution in [-0.2, 0) is 6.54 Å². The number of nitrogens with zero attached hydrogens (tertiary/aromatic N) is 2. The molecule has 0 atom stereocenters. The average molecular weight is 416 g/mol. The molecule has 0 radical (unpaired) electrons. The fourth-order valence-electron chi connectivity index (χ4n) is 2.89. The van der Waals surface area contributed by atoms with Gasteiger partial charge in [0.1, 0.15) is 0 Å². The predicted molar refractivity (Wildman–Crippen MR) is 98.2 cm³/mol. The van der Waals surface area contributed by atoms with Crippen molar-refractivity contribution in [2.45, 2.75) is 6.54 Å². The topological polar surface area (TPSA) is 17.8 Å². The minimum absolute atomic E-state index is 0.839. The van der Waals surface area contributed by atoms with E-state index < -0.39 is 0 Å². The molecule has 0 aliphatic carbocycles. The van der Waals surface area contributed by atoms with Crippen molar-refractivity contribution in [3.8, 4) is 0 Å². The van der Waals surface area contributed by atoms with Crippen LogP contribution >= 0.6 is 31.9 Å². The number of aromatic nitrogens is 2. The van der Waals surface area contributed by atoms with Gasteiger partial charge in [0.05, 0.1) is 0 Å². The van der Waals surface area contributed by atoms with Crippen LogP contribution in [0.25, 0.3) is 21.8 Å². The number of hydrogen-bond acceptors (Lipinski definition) is 1. The third-order valence-electron chi connectivity index (χ3n) is 3.88. The maximum absolute atomic E-state index is 4.10. The lowest BCUT2D eigenvalue weighted by Gasteiger charge is -2.07. The largest absolute Gasteiger partial charge is 0.336 e. The Morgan fingerprint density at radius 1 is 0.773 bits per heavy atom. The summed E-state index contributed by atoms with van der Waals surface area (Å²) in [4.78, 5) is 4.10. The molecule has 22 heavy (non-hydrogen) atoms. The monoisotopic (exact) mass is 414 g/mol. The second-order valence-electron chi connectivity index (χ2n) is 5.26. The van der Waals surface area contributed by atoms with Crippen LogP contribution in [0.3, 0.4) is 0 Å². The summed E-state index contributed by atoms with van der Waals surface area (Å²) >= 11 is 7.17. The van der Waals surface area contributed by atoms with Gasteiger partial charge in [-0.3, -0.25) is 4.98 Å². The molecule has 0 amide bonds. The summed E-state index contributed by atoms with van der Waals surface area (Å²) in [6, 6.07) is 17.0. The molecule has 2 heterocycles. The first kappa shape index (κ1) is 14.0. The highest BCUT2D eigenvalue weighted by Gasteiger charge is 2.11. The number of pyridine rings is 1. The van der Waals surface area contributed by atoms with Crippen LogP contribution in [0.15, 0.2) is 69.9 Å². The van der Waals surface area contributed by atoms with E-state index in [-0.39, 0.29) is 0 Å². The summed E-state index contributed by atoms with van der Waals surface area (Å²) in [6.45, 7) is 0.839. The molecular formula is C18H12Br2N2. The number of halogens is 2. The Bertz CT molecular complexity index is 915. The van der Waals surface area contributed by atoms with Crippen LogP contribution < -0.4 is 0 Å². The maximum atomic E-state index is 4.10. The first-order chi connectivity index (χ1) is 10.7. The normalized spacial score (nSPS) is 11.4. The van der Waals surface area contributed by atoms with E-state index in [0.717, 1.165) is 15.5 Å². The Kier molecular flexibility index (Phi) is 3.51. The minimum atomic E-state index is 0.839. The summed E-state index contributed by atoms with van der Waals surface area (Å²) in [7, 11) is 0. The molecule has 0 fully saturated rings. The van der Waals surface area contributed by atoms with E-state index in [0.29, 0.717) is 0 Å². The zero-order valence-electron chi connectivity index (χ0n) is 11.6. The molecule has 2 aromatic heterocycles. The zero-order chi connectivity index (χ0) is 15.1. The number of hydrogen-bond donors (Lipinski definition) is 0. The van der Waals surface area contributed by atoms with Crippen molar-refractivity contribution in [3.05, 3.63) is 75.4 Å². The fourth-order valence-corrected chi connectivity index (χ4v) is 3.61. The lowest BCUT2D eigenvalue weighted by Crippen LogP contribution is -1.99. The summed E-state index contributed by atoms with van der Waals surface area (Å²) < 4.78 is 4.56. The highest BCUT2D eigenvalue weighted by atomic mass is 79.9. The molecule has 4 aromatic rings. The molecule has 0 unspecified atom stereocenters. The molecule has 0 saturated carbocycles. The molecule has 0 bridgehead atoms. The van der Waals surface area contributed by atoms with Crippen molar-refractivity contribution >= 4 is 53.7 Å². The molecule has 4 heteroatoms. The van der Waals surface area contributed by atoms with Gasteiger partial charge in [-0.2, -0.15) is 0 Å². The summed E-state index contributed by atoms with van der Waals surface area (Å²) in [5, 5.41) is 2.53. The Morgan fingerprint density at radius 2 is 1.32 bits per heavy atom. The van der Waals surface area contributed by atoms with Crippen LogP contribution in [0.2, 0.25) is 0 Å². The van der Waals surface area contributed by atoms with Gasteiger partial charge in [0.25, 0.3) is 0 Å². The van der Waals surface area contributed by atoms with Crippen LogP contribution in [0.4, 0.5) is 0 Å². The molecular weight excluding hydrogens is 404 g/mol. The number of benzene rings is 2. The Morgan fingerprint density at radius 3 is 1.86 bits per heavy atom. The predicted octanol–water partition coefficient (Wildman–Crippen LogP) is 5.76. The molecule has 108 valence electrons. The van der Waals surface area contributed by atoms with Gasteiger partial charge in [-0.05, 0) is 54.1 Å². The van der Waals surface area contributed by atoms with Gasteiger partial charge in [0.2, 0.25) is 0 Å². The fraction of sp³-hybridized carbons (Fsp3) is 0.0556. The van der Waals surface area contributed by atoms with Gasteiger partial charge in [-0.1, -0.05) is 31.9 Å². The molecule has 4 rings (SSSR count). The second kappa shape index (κ2) is 5.52. The van der Waals surface area contributed by atoms with Crippen molar-refractivity contribution in [2.75, 3.05) is 0 Å². The van der Waals surface area contributed by atoms with E-state index in [1.54, 1.807) is 0 Å². The second-order valence-corrected chi connectivity index (χ2v) is 7.10. The van der Waals surface area contributed by atoms with E-state index in [1.165, 1.54) is 27.4 Å². The van der Waals surface area contributed by atoms with E-state index in [2.05, 4.69) is 89.9 Å². The standard InChI is InChI=1S/C18H12Br2N2/c19-13-1-3-17-15(9-13)16-10-14(20)2-4-18(16)22(17)11-12-5-7-21-8-6-12/h1-10H,11H2. The Labute approximate surface area is 145 Å². The van der Waals surface area contributed by atoms with Crippen molar-refractivity contribution < 1.29 is 0 Å². The molecule has 2 aromatic carbocycles. The number of fused-ring (bicyclic) bond motifs is 3. The van der Waals surface area contributed by atoms with Gasteiger partial charge in [0.15, 0.2) is 0 Å². The molecule has 0 spiro atoms. The molecule has 0 aliphatic rings. The van der Waals surface area contributed by atoms with Crippen LogP contribution in [-0.4, -0.2) is 9.55 Å². The van der Waals surface area contributed by atoms with Crippen molar-refractivity contribution in [1.82, 2.24) is 9.55 Å². The van der Waals surface area contributed by atoms with E-state index in [4.69, 9.17) is 0 Å². The lowest BCUT2D eigenvalue weighted by atomic mass is 10.2. The van der Waals surface area contributed by atoms with Gasteiger partial charge in [-0.25, -0.2) is 0 Å². The Balaban J connectivity index is 2.02. The lowest BCUT2D eigenvalue weighted by molar-refractivity contribution is 0.866. The first-order valence-electron chi connectivity index (χ1n) is 6.98. The smallest absolute Gasteiger partial charge is 0.0495 e. The maximum Gasteiger partial charge on any atom is 0.0495 e. The van der Waals surface area contributed by atoms with Gasteiger partial charge in [-0.15, -0.1) is 0 Å². The molecule has 2 nitrogen and oxygen atoms in total. The van der Waals surface area contributed by atoms with Crippen molar-refractivity contribution in [2.24, 2.45) is 0 Å². The summed E-state index contributed by atoms with van der Waals surface area (Å²) in [5.74, 6) is 0. The first-order valence-corrected chi connectivity index (χ1v) is 8.57. The third kappa shape index (κ3) is 2.36. The SMILES string of the molecule is Brc1ccc2c(c1)c1cc(Br)ccc1n2Cc1ccncc1. The zero-order valence-corrected chi connectivity index (χ0v) is 14.8. The highest BCUT2D eigenvalue weighted by Crippen LogP contribution is 2.33. The van der Waals surface area contributed by atoms with E-state index in [1.807, 2.05) is 12.4 Å². The number of rotatable bonds is 2. The van der Waals surface area contributed by atoms with Crippen LogP contribution in [0, 0.1) is 0 Å². The average Bonchev–Trinajstić information content (AvgIpc) is 2.81. The molecule has 0 aliphatic heterocycles. The quantitative estimate of drug-likeness (QED) is 0.406. The van der Waals surface area contributed by atoms with Crippen LogP contribution in [0.1, 0.15) is 5.56 Å². The van der Waals surface area contributed by atoms with Crippen LogP contribution in [0.5, 0.6) is 0 Å². The molecule has 0 saturated heterocycles. The van der Waals surface area contributed by atoms with Gasteiger partial charge >= 0.3 is 0 Å². The van der Waals surface area contributed by atoms with E-state index >= 15 is 0 Å². The summed E-state index contributed by atoms with van der Waals surface area (Å²) in [5.41, 5.74) is 3.74. The van der Waals surface area contributed by atoms with E-state index in [9.17, 15) is 0 Å².